The van der Waals surface area contributed by atoms with Crippen LogP contribution in [0.25, 0.3) is 11.4 Å². The normalized spacial score (nSPS) is 14.7. The molecule has 0 unspecified atom stereocenters. The summed E-state index contributed by atoms with van der Waals surface area (Å²) < 4.78 is 5.10. The Kier molecular flexibility index (Phi) is 3.83. The summed E-state index contributed by atoms with van der Waals surface area (Å²) in [5, 5.41) is 3.55. The van der Waals surface area contributed by atoms with Crippen LogP contribution in [0, 0.1) is 13.8 Å². The lowest BCUT2D eigenvalue weighted by atomic mass is 10.1. The standard InChI is InChI=1S/C16H21N3O/c1-11-15(4-3-8-17-14-5-6-14)12(2)19-16(18-11)13-7-9-20-10-13/h7,9-10,14,17H,3-6,8H2,1-2H3. The Morgan fingerprint density at radius 3 is 2.60 bits per heavy atom. The summed E-state index contributed by atoms with van der Waals surface area (Å²) in [5.74, 6) is 0.758. The van der Waals surface area contributed by atoms with E-state index in [0.29, 0.717) is 0 Å². The van der Waals surface area contributed by atoms with E-state index in [1.54, 1.807) is 12.5 Å². The Morgan fingerprint density at radius 1 is 1.25 bits per heavy atom. The average molecular weight is 271 g/mol. The molecule has 1 aliphatic rings. The fourth-order valence-electron chi connectivity index (χ4n) is 2.48. The molecule has 1 saturated carbocycles. The van der Waals surface area contributed by atoms with Gasteiger partial charge in [0.1, 0.15) is 6.26 Å². The molecule has 0 spiro atoms. The second kappa shape index (κ2) is 5.75. The topological polar surface area (TPSA) is 51.0 Å². The van der Waals surface area contributed by atoms with Crippen molar-refractivity contribution in [1.29, 1.82) is 0 Å². The summed E-state index contributed by atoms with van der Waals surface area (Å²) in [6, 6.07) is 2.69. The highest BCUT2D eigenvalue weighted by Gasteiger charge is 2.19. The Bertz CT molecular complexity index is 550. The zero-order valence-corrected chi connectivity index (χ0v) is 12.1. The minimum absolute atomic E-state index is 0.758. The van der Waals surface area contributed by atoms with E-state index in [1.165, 1.54) is 18.4 Å². The molecule has 0 atom stereocenters. The minimum atomic E-state index is 0.758. The maximum atomic E-state index is 5.10. The zero-order chi connectivity index (χ0) is 13.9. The molecular weight excluding hydrogens is 250 g/mol. The van der Waals surface area contributed by atoms with Crippen LogP contribution in [-0.2, 0) is 6.42 Å². The Labute approximate surface area is 119 Å². The van der Waals surface area contributed by atoms with Gasteiger partial charge in [-0.25, -0.2) is 9.97 Å². The number of rotatable bonds is 6. The van der Waals surface area contributed by atoms with Crippen molar-refractivity contribution in [2.75, 3.05) is 6.54 Å². The highest BCUT2D eigenvalue weighted by atomic mass is 16.3. The van der Waals surface area contributed by atoms with Gasteiger partial charge in [-0.2, -0.15) is 0 Å². The summed E-state index contributed by atoms with van der Waals surface area (Å²) >= 11 is 0. The van der Waals surface area contributed by atoms with Crippen molar-refractivity contribution in [1.82, 2.24) is 15.3 Å². The second-order valence-corrected chi connectivity index (χ2v) is 5.54. The van der Waals surface area contributed by atoms with Crippen molar-refractivity contribution in [3.05, 3.63) is 35.5 Å². The molecule has 0 aromatic carbocycles. The SMILES string of the molecule is Cc1nc(-c2ccoc2)nc(C)c1CCCNC1CC1. The Balaban J connectivity index is 1.67. The summed E-state index contributed by atoms with van der Waals surface area (Å²) in [6.07, 6.45) is 8.23. The lowest BCUT2D eigenvalue weighted by Crippen LogP contribution is -2.18. The van der Waals surface area contributed by atoms with Gasteiger partial charge in [-0.3, -0.25) is 0 Å². The molecule has 2 aromatic rings. The molecule has 1 fully saturated rings. The zero-order valence-electron chi connectivity index (χ0n) is 12.1. The van der Waals surface area contributed by atoms with Gasteiger partial charge in [0.25, 0.3) is 0 Å². The van der Waals surface area contributed by atoms with E-state index in [0.717, 1.165) is 48.2 Å². The third kappa shape index (κ3) is 3.07. The molecule has 0 aliphatic heterocycles. The molecule has 2 aromatic heterocycles. The van der Waals surface area contributed by atoms with Crippen molar-refractivity contribution in [2.45, 2.75) is 45.6 Å². The van der Waals surface area contributed by atoms with Gasteiger partial charge >= 0.3 is 0 Å². The number of aryl methyl sites for hydroxylation is 2. The predicted molar refractivity (Wildman–Crippen MR) is 78.6 cm³/mol. The van der Waals surface area contributed by atoms with Gasteiger partial charge in [0.15, 0.2) is 5.82 Å². The summed E-state index contributed by atoms with van der Waals surface area (Å²) in [6.45, 7) is 5.23. The first-order valence-electron chi connectivity index (χ1n) is 7.34. The fraction of sp³-hybridized carbons (Fsp3) is 0.500. The van der Waals surface area contributed by atoms with Crippen molar-refractivity contribution < 1.29 is 4.42 Å². The monoisotopic (exact) mass is 271 g/mol. The van der Waals surface area contributed by atoms with Gasteiger partial charge in [0, 0.05) is 17.4 Å². The Hall–Kier alpha value is -1.68. The first kappa shape index (κ1) is 13.3. The van der Waals surface area contributed by atoms with Crippen LogP contribution < -0.4 is 5.32 Å². The van der Waals surface area contributed by atoms with E-state index >= 15 is 0 Å². The van der Waals surface area contributed by atoms with Crippen LogP contribution in [0.4, 0.5) is 0 Å². The van der Waals surface area contributed by atoms with Crippen LogP contribution in [0.15, 0.2) is 23.0 Å². The lowest BCUT2D eigenvalue weighted by Gasteiger charge is -2.10. The van der Waals surface area contributed by atoms with Crippen molar-refractivity contribution in [3.8, 4) is 11.4 Å². The maximum Gasteiger partial charge on any atom is 0.162 e. The average Bonchev–Trinajstić information content (AvgIpc) is 3.08. The number of nitrogens with zero attached hydrogens (tertiary/aromatic N) is 2. The van der Waals surface area contributed by atoms with Gasteiger partial charge in [-0.15, -0.1) is 0 Å². The maximum absolute atomic E-state index is 5.10. The molecule has 4 heteroatoms. The number of nitrogens with one attached hydrogen (secondary N) is 1. The highest BCUT2D eigenvalue weighted by molar-refractivity contribution is 5.53. The third-order valence-corrected chi connectivity index (χ3v) is 3.81. The highest BCUT2D eigenvalue weighted by Crippen LogP contribution is 2.21. The van der Waals surface area contributed by atoms with Gasteiger partial charge in [0.05, 0.1) is 11.8 Å². The molecule has 4 nitrogen and oxygen atoms in total. The largest absolute Gasteiger partial charge is 0.472 e. The third-order valence-electron chi connectivity index (χ3n) is 3.81. The van der Waals surface area contributed by atoms with E-state index in [1.807, 2.05) is 6.07 Å². The van der Waals surface area contributed by atoms with Crippen LogP contribution in [0.3, 0.4) is 0 Å². The van der Waals surface area contributed by atoms with Crippen LogP contribution in [-0.4, -0.2) is 22.6 Å². The molecule has 1 aliphatic carbocycles. The molecule has 2 heterocycles. The summed E-state index contributed by atoms with van der Waals surface area (Å²) in [7, 11) is 0. The second-order valence-electron chi connectivity index (χ2n) is 5.54. The molecule has 106 valence electrons. The molecule has 0 amide bonds. The quantitative estimate of drug-likeness (QED) is 0.820. The smallest absolute Gasteiger partial charge is 0.162 e. The number of hydrogen-bond donors (Lipinski definition) is 1. The molecular formula is C16H21N3O. The van der Waals surface area contributed by atoms with Crippen molar-refractivity contribution in [3.63, 3.8) is 0 Å². The number of furan rings is 1. The van der Waals surface area contributed by atoms with E-state index in [-0.39, 0.29) is 0 Å². The molecule has 0 radical (unpaired) electrons. The van der Waals surface area contributed by atoms with E-state index in [4.69, 9.17) is 4.42 Å². The van der Waals surface area contributed by atoms with E-state index in [2.05, 4.69) is 29.1 Å². The molecule has 20 heavy (non-hydrogen) atoms. The number of hydrogen-bond acceptors (Lipinski definition) is 4. The Morgan fingerprint density at radius 2 is 2.00 bits per heavy atom. The van der Waals surface area contributed by atoms with Gasteiger partial charge in [-0.05, 0) is 57.7 Å². The van der Waals surface area contributed by atoms with Gasteiger partial charge in [0.2, 0.25) is 0 Å². The van der Waals surface area contributed by atoms with Gasteiger partial charge < -0.3 is 9.73 Å². The first-order chi connectivity index (χ1) is 9.74. The van der Waals surface area contributed by atoms with Crippen molar-refractivity contribution in [2.24, 2.45) is 0 Å². The molecule has 1 N–H and O–H groups in total. The number of aromatic nitrogens is 2. The molecule has 0 bridgehead atoms. The summed E-state index contributed by atoms with van der Waals surface area (Å²) in [4.78, 5) is 9.22. The minimum Gasteiger partial charge on any atom is -0.472 e. The van der Waals surface area contributed by atoms with E-state index in [9.17, 15) is 0 Å². The van der Waals surface area contributed by atoms with Crippen molar-refractivity contribution >= 4 is 0 Å². The lowest BCUT2D eigenvalue weighted by molar-refractivity contribution is 0.568. The first-order valence-corrected chi connectivity index (χ1v) is 7.34. The van der Waals surface area contributed by atoms with E-state index < -0.39 is 0 Å². The summed E-state index contributed by atoms with van der Waals surface area (Å²) in [5.41, 5.74) is 4.40. The van der Waals surface area contributed by atoms with Crippen LogP contribution in [0.2, 0.25) is 0 Å². The predicted octanol–water partition coefficient (Wildman–Crippen LogP) is 3.04. The van der Waals surface area contributed by atoms with Crippen LogP contribution in [0.5, 0.6) is 0 Å². The molecule has 0 saturated heterocycles. The van der Waals surface area contributed by atoms with Gasteiger partial charge in [-0.1, -0.05) is 0 Å². The fourth-order valence-corrected chi connectivity index (χ4v) is 2.48. The van der Waals surface area contributed by atoms with Crippen LogP contribution >= 0.6 is 0 Å². The molecule has 3 rings (SSSR count). The van der Waals surface area contributed by atoms with Crippen LogP contribution in [0.1, 0.15) is 36.2 Å².